The standard InChI is InChI=1S/C14H21N3O/c1-11(16(2)3)14-15-12-7-4-5-8-13(12)17(14)9-6-10-18/h4-5,7-8,11,18H,6,9-10H2,1-3H3. The van der Waals surface area contributed by atoms with E-state index in [0.717, 1.165) is 29.8 Å². The van der Waals surface area contributed by atoms with Gasteiger partial charge in [-0.3, -0.25) is 4.90 Å². The van der Waals surface area contributed by atoms with Gasteiger partial charge in [-0.15, -0.1) is 0 Å². The first-order valence-electron chi connectivity index (χ1n) is 6.37. The zero-order valence-corrected chi connectivity index (χ0v) is 11.3. The first-order chi connectivity index (χ1) is 8.65. The molecule has 18 heavy (non-hydrogen) atoms. The number of aliphatic hydroxyl groups is 1. The van der Waals surface area contributed by atoms with E-state index in [2.05, 4.69) is 36.6 Å². The fourth-order valence-electron chi connectivity index (χ4n) is 2.11. The van der Waals surface area contributed by atoms with Gasteiger partial charge >= 0.3 is 0 Å². The van der Waals surface area contributed by atoms with Gasteiger partial charge in [0.15, 0.2) is 0 Å². The molecule has 0 saturated carbocycles. The molecular weight excluding hydrogens is 226 g/mol. The summed E-state index contributed by atoms with van der Waals surface area (Å²) in [6, 6.07) is 8.43. The molecule has 0 amide bonds. The molecule has 4 heteroatoms. The van der Waals surface area contributed by atoms with Crippen LogP contribution in [0.1, 0.15) is 25.2 Å². The summed E-state index contributed by atoms with van der Waals surface area (Å²) in [4.78, 5) is 6.88. The van der Waals surface area contributed by atoms with E-state index in [9.17, 15) is 0 Å². The Hall–Kier alpha value is -1.39. The maximum atomic E-state index is 9.03. The maximum Gasteiger partial charge on any atom is 0.126 e. The highest BCUT2D eigenvalue weighted by atomic mass is 16.3. The van der Waals surface area contributed by atoms with Crippen molar-refractivity contribution in [2.45, 2.75) is 25.9 Å². The minimum atomic E-state index is 0.211. The molecule has 1 atom stereocenters. The largest absolute Gasteiger partial charge is 0.396 e. The summed E-state index contributed by atoms with van der Waals surface area (Å²) < 4.78 is 2.22. The molecule has 0 aliphatic heterocycles. The summed E-state index contributed by atoms with van der Waals surface area (Å²) in [6.45, 7) is 3.17. The molecule has 0 spiro atoms. The molecular formula is C14H21N3O. The van der Waals surface area contributed by atoms with Gasteiger partial charge < -0.3 is 9.67 Å². The average molecular weight is 247 g/mol. The quantitative estimate of drug-likeness (QED) is 0.879. The first-order valence-corrected chi connectivity index (χ1v) is 6.37. The molecule has 98 valence electrons. The minimum absolute atomic E-state index is 0.211. The topological polar surface area (TPSA) is 41.3 Å². The van der Waals surface area contributed by atoms with Gasteiger partial charge in [-0.05, 0) is 39.6 Å². The smallest absolute Gasteiger partial charge is 0.126 e. The van der Waals surface area contributed by atoms with Crippen molar-refractivity contribution in [1.82, 2.24) is 14.5 Å². The van der Waals surface area contributed by atoms with Crippen LogP contribution in [0.5, 0.6) is 0 Å². The Morgan fingerprint density at radius 3 is 2.72 bits per heavy atom. The number of hydrogen-bond acceptors (Lipinski definition) is 3. The zero-order chi connectivity index (χ0) is 13.1. The van der Waals surface area contributed by atoms with Crippen molar-refractivity contribution in [3.05, 3.63) is 30.1 Å². The fraction of sp³-hybridized carbons (Fsp3) is 0.500. The number of aryl methyl sites for hydroxylation is 1. The highest BCUT2D eigenvalue weighted by Gasteiger charge is 2.17. The fourth-order valence-corrected chi connectivity index (χ4v) is 2.11. The molecule has 1 unspecified atom stereocenters. The number of hydrogen-bond donors (Lipinski definition) is 1. The third-order valence-electron chi connectivity index (χ3n) is 3.37. The third-order valence-corrected chi connectivity index (χ3v) is 3.37. The normalized spacial score (nSPS) is 13.4. The van der Waals surface area contributed by atoms with Crippen molar-refractivity contribution in [1.29, 1.82) is 0 Å². The Kier molecular flexibility index (Phi) is 3.99. The van der Waals surface area contributed by atoms with Crippen LogP contribution in [0.2, 0.25) is 0 Å². The van der Waals surface area contributed by atoms with Gasteiger partial charge in [0.05, 0.1) is 17.1 Å². The van der Waals surface area contributed by atoms with Crippen LogP contribution < -0.4 is 0 Å². The second-order valence-corrected chi connectivity index (χ2v) is 4.83. The van der Waals surface area contributed by atoms with Crippen molar-refractivity contribution in [3.8, 4) is 0 Å². The zero-order valence-electron chi connectivity index (χ0n) is 11.3. The van der Waals surface area contributed by atoms with Crippen LogP contribution >= 0.6 is 0 Å². The van der Waals surface area contributed by atoms with Crippen LogP contribution in [-0.2, 0) is 6.54 Å². The molecule has 2 rings (SSSR count). The molecule has 0 aliphatic rings. The van der Waals surface area contributed by atoms with Gasteiger partial charge in [0.2, 0.25) is 0 Å². The van der Waals surface area contributed by atoms with Crippen molar-refractivity contribution < 1.29 is 5.11 Å². The van der Waals surface area contributed by atoms with E-state index in [4.69, 9.17) is 10.1 Å². The van der Waals surface area contributed by atoms with Gasteiger partial charge in [0, 0.05) is 13.2 Å². The Morgan fingerprint density at radius 2 is 2.06 bits per heavy atom. The van der Waals surface area contributed by atoms with E-state index in [0.29, 0.717) is 0 Å². The number of rotatable bonds is 5. The third kappa shape index (κ3) is 2.40. The average Bonchev–Trinajstić information content (AvgIpc) is 2.73. The molecule has 1 N–H and O–H groups in total. The van der Waals surface area contributed by atoms with E-state index < -0.39 is 0 Å². The molecule has 0 fully saturated rings. The SMILES string of the molecule is CC(c1nc2ccccc2n1CCCO)N(C)C. The molecule has 0 saturated heterocycles. The lowest BCUT2D eigenvalue weighted by Gasteiger charge is -2.20. The monoisotopic (exact) mass is 247 g/mol. The number of aliphatic hydroxyl groups excluding tert-OH is 1. The van der Waals surface area contributed by atoms with Crippen LogP contribution in [0, 0.1) is 0 Å². The van der Waals surface area contributed by atoms with Gasteiger partial charge in [0.1, 0.15) is 5.82 Å². The highest BCUT2D eigenvalue weighted by molar-refractivity contribution is 5.76. The van der Waals surface area contributed by atoms with Crippen LogP contribution in [0.15, 0.2) is 24.3 Å². The van der Waals surface area contributed by atoms with Gasteiger partial charge in [-0.2, -0.15) is 0 Å². The van der Waals surface area contributed by atoms with Gasteiger partial charge in [0.25, 0.3) is 0 Å². The number of fused-ring (bicyclic) bond motifs is 1. The Morgan fingerprint density at radius 1 is 1.33 bits per heavy atom. The van der Waals surface area contributed by atoms with E-state index >= 15 is 0 Å². The molecule has 0 bridgehead atoms. The molecule has 2 aromatic rings. The van der Waals surface area contributed by atoms with E-state index in [-0.39, 0.29) is 12.6 Å². The van der Waals surface area contributed by atoms with Crippen molar-refractivity contribution >= 4 is 11.0 Å². The second-order valence-electron chi connectivity index (χ2n) is 4.83. The second kappa shape index (κ2) is 5.50. The summed E-state index contributed by atoms with van der Waals surface area (Å²) in [5.41, 5.74) is 2.17. The number of benzene rings is 1. The lowest BCUT2D eigenvalue weighted by molar-refractivity contribution is 0.272. The molecule has 1 aromatic heterocycles. The lowest BCUT2D eigenvalue weighted by atomic mass is 10.3. The van der Waals surface area contributed by atoms with E-state index in [1.807, 2.05) is 18.2 Å². The van der Waals surface area contributed by atoms with Gasteiger partial charge in [-0.25, -0.2) is 4.98 Å². The van der Waals surface area contributed by atoms with E-state index in [1.54, 1.807) is 0 Å². The van der Waals surface area contributed by atoms with Gasteiger partial charge in [-0.1, -0.05) is 12.1 Å². The Bertz CT molecular complexity index is 519. The molecule has 4 nitrogen and oxygen atoms in total. The number of para-hydroxylation sites is 2. The van der Waals surface area contributed by atoms with Crippen molar-refractivity contribution in [2.75, 3.05) is 20.7 Å². The predicted octanol–water partition coefficient (Wildman–Crippen LogP) is 2.04. The summed E-state index contributed by atoms with van der Waals surface area (Å²) in [5, 5.41) is 9.03. The summed E-state index contributed by atoms with van der Waals surface area (Å²) in [5.74, 6) is 1.06. The minimum Gasteiger partial charge on any atom is -0.396 e. The summed E-state index contributed by atoms with van der Waals surface area (Å²) in [6.07, 6.45) is 0.757. The highest BCUT2D eigenvalue weighted by Crippen LogP contribution is 2.23. The van der Waals surface area contributed by atoms with E-state index in [1.165, 1.54) is 0 Å². The Balaban J connectivity index is 2.49. The van der Waals surface area contributed by atoms with Crippen LogP contribution in [0.3, 0.4) is 0 Å². The molecule has 0 radical (unpaired) electrons. The lowest BCUT2D eigenvalue weighted by Crippen LogP contribution is -2.21. The van der Waals surface area contributed by atoms with Crippen molar-refractivity contribution in [3.63, 3.8) is 0 Å². The van der Waals surface area contributed by atoms with Crippen LogP contribution in [-0.4, -0.2) is 40.3 Å². The van der Waals surface area contributed by atoms with Crippen LogP contribution in [0.4, 0.5) is 0 Å². The predicted molar refractivity (Wildman–Crippen MR) is 73.5 cm³/mol. The molecule has 1 heterocycles. The Labute approximate surface area is 108 Å². The van der Waals surface area contributed by atoms with Crippen molar-refractivity contribution in [2.24, 2.45) is 0 Å². The summed E-state index contributed by atoms with van der Waals surface area (Å²) >= 11 is 0. The maximum absolute atomic E-state index is 9.03. The number of aromatic nitrogens is 2. The summed E-state index contributed by atoms with van der Waals surface area (Å²) in [7, 11) is 4.11. The first kappa shape index (κ1) is 13.1. The number of imidazole rings is 1. The molecule has 1 aromatic carbocycles. The molecule has 0 aliphatic carbocycles. The number of nitrogens with zero attached hydrogens (tertiary/aromatic N) is 3. The van der Waals surface area contributed by atoms with Crippen LogP contribution in [0.25, 0.3) is 11.0 Å².